The molecular formula is C14H21NO3S. The molecule has 3 rings (SSSR count). The van der Waals surface area contributed by atoms with E-state index in [0.717, 1.165) is 32.1 Å². The lowest BCUT2D eigenvalue weighted by atomic mass is 9.81. The van der Waals surface area contributed by atoms with Gasteiger partial charge in [0.25, 0.3) is 0 Å². The van der Waals surface area contributed by atoms with Crippen LogP contribution in [0, 0.1) is 17.3 Å². The van der Waals surface area contributed by atoms with Crippen molar-refractivity contribution in [2.24, 2.45) is 17.3 Å². The Balaban J connectivity index is 1.75. The molecule has 2 heterocycles. The fraction of sp³-hybridized carbons (Fsp3) is 0.857. The average Bonchev–Trinajstić information content (AvgIpc) is 3.00. The van der Waals surface area contributed by atoms with Crippen LogP contribution in [-0.4, -0.2) is 42.2 Å². The normalized spacial score (nSPS) is 33.8. The Morgan fingerprint density at radius 2 is 1.74 bits per heavy atom. The second kappa shape index (κ2) is 5.09. The Morgan fingerprint density at radius 3 is 2.26 bits per heavy atom. The van der Waals surface area contributed by atoms with Gasteiger partial charge >= 0.3 is 0 Å². The number of carbonyl (C=O) groups excluding carboxylic acids is 2. The van der Waals surface area contributed by atoms with Crippen LogP contribution in [0.2, 0.25) is 0 Å². The summed E-state index contributed by atoms with van der Waals surface area (Å²) >= 11 is 4.46. The van der Waals surface area contributed by atoms with E-state index in [1.807, 2.05) is 0 Å². The molecule has 0 aromatic heterocycles. The lowest BCUT2D eigenvalue weighted by Gasteiger charge is -2.38. The number of fused-ring (bicyclic) bond motifs is 1. The first-order valence-corrected chi connectivity index (χ1v) is 7.84. The van der Waals surface area contributed by atoms with Crippen LogP contribution < -0.4 is 0 Å². The van der Waals surface area contributed by atoms with Crippen molar-refractivity contribution in [1.82, 2.24) is 4.90 Å². The van der Waals surface area contributed by atoms with Gasteiger partial charge in [-0.25, -0.2) is 0 Å². The molecule has 3 fully saturated rings. The van der Waals surface area contributed by atoms with Crippen LogP contribution in [-0.2, 0) is 14.3 Å². The van der Waals surface area contributed by atoms with Crippen LogP contribution in [0.1, 0.15) is 32.1 Å². The van der Waals surface area contributed by atoms with Crippen molar-refractivity contribution in [2.45, 2.75) is 32.1 Å². The van der Waals surface area contributed by atoms with Gasteiger partial charge in [0.2, 0.25) is 11.8 Å². The Bertz CT molecular complexity index is 370. The monoisotopic (exact) mass is 283 g/mol. The van der Waals surface area contributed by atoms with Gasteiger partial charge in [-0.05, 0) is 31.4 Å². The highest BCUT2D eigenvalue weighted by molar-refractivity contribution is 7.80. The maximum atomic E-state index is 12.4. The molecule has 0 aromatic carbocycles. The number of hydrogen-bond donors (Lipinski definition) is 1. The quantitative estimate of drug-likeness (QED) is 0.631. The van der Waals surface area contributed by atoms with Crippen molar-refractivity contribution >= 4 is 24.4 Å². The van der Waals surface area contributed by atoms with Crippen molar-refractivity contribution in [3.63, 3.8) is 0 Å². The third-order valence-electron chi connectivity index (χ3n) is 5.06. The van der Waals surface area contributed by atoms with Gasteiger partial charge in [0, 0.05) is 25.2 Å². The summed E-state index contributed by atoms with van der Waals surface area (Å²) in [6.07, 6.45) is 4.59. The van der Waals surface area contributed by atoms with E-state index in [9.17, 15) is 9.59 Å². The molecule has 0 aromatic rings. The smallest absolute Gasteiger partial charge is 0.233 e. The van der Waals surface area contributed by atoms with Gasteiger partial charge in [-0.1, -0.05) is 6.42 Å². The number of hydrogen-bond acceptors (Lipinski definition) is 4. The molecule has 1 saturated carbocycles. The van der Waals surface area contributed by atoms with E-state index in [1.54, 1.807) is 0 Å². The van der Waals surface area contributed by atoms with Crippen LogP contribution in [0.5, 0.6) is 0 Å². The molecule has 5 heteroatoms. The summed E-state index contributed by atoms with van der Waals surface area (Å²) in [7, 11) is 0. The molecule has 2 aliphatic heterocycles. The topological polar surface area (TPSA) is 46.6 Å². The van der Waals surface area contributed by atoms with Gasteiger partial charge < -0.3 is 4.74 Å². The highest BCUT2D eigenvalue weighted by Gasteiger charge is 2.51. The first-order chi connectivity index (χ1) is 9.17. The molecule has 0 bridgehead atoms. The Hall–Kier alpha value is -0.550. The second-order valence-electron chi connectivity index (χ2n) is 6.18. The number of thiol groups is 1. The molecule has 106 valence electrons. The third kappa shape index (κ3) is 2.21. The lowest BCUT2D eigenvalue weighted by molar-refractivity contribution is -0.143. The number of rotatable bonds is 3. The van der Waals surface area contributed by atoms with Crippen molar-refractivity contribution < 1.29 is 14.3 Å². The molecule has 19 heavy (non-hydrogen) atoms. The molecule has 2 atom stereocenters. The van der Waals surface area contributed by atoms with Crippen LogP contribution >= 0.6 is 12.6 Å². The minimum atomic E-state index is -0.0364. The Kier molecular flexibility index (Phi) is 3.60. The predicted octanol–water partition coefficient (Wildman–Crippen LogP) is 1.50. The second-order valence-corrected chi connectivity index (χ2v) is 6.49. The van der Waals surface area contributed by atoms with Crippen LogP contribution in [0.4, 0.5) is 0 Å². The van der Waals surface area contributed by atoms with Crippen molar-refractivity contribution in [3.8, 4) is 0 Å². The van der Waals surface area contributed by atoms with Gasteiger partial charge in [0.1, 0.15) is 0 Å². The zero-order chi connectivity index (χ0) is 13.5. The number of carbonyl (C=O) groups is 2. The number of ether oxygens (including phenoxy) is 1. The van der Waals surface area contributed by atoms with Crippen LogP contribution in [0.25, 0.3) is 0 Å². The number of likely N-dealkylation sites (tertiary alicyclic amines) is 1. The molecule has 2 amide bonds. The SMILES string of the molecule is O=C1C2CCCC2C(=O)N1CC1(CS)CCOCC1. The molecule has 3 aliphatic rings. The fourth-order valence-electron chi connectivity index (χ4n) is 3.72. The van der Waals surface area contributed by atoms with E-state index in [4.69, 9.17) is 4.74 Å². The first-order valence-electron chi connectivity index (χ1n) is 7.21. The molecule has 2 unspecified atom stereocenters. The van der Waals surface area contributed by atoms with E-state index in [1.165, 1.54) is 4.90 Å². The van der Waals surface area contributed by atoms with Gasteiger partial charge in [0.05, 0.1) is 11.8 Å². The zero-order valence-electron chi connectivity index (χ0n) is 11.1. The van der Waals surface area contributed by atoms with E-state index in [2.05, 4.69) is 12.6 Å². The van der Waals surface area contributed by atoms with Crippen molar-refractivity contribution in [3.05, 3.63) is 0 Å². The summed E-state index contributed by atoms with van der Waals surface area (Å²) in [4.78, 5) is 26.3. The van der Waals surface area contributed by atoms with Crippen molar-refractivity contribution in [2.75, 3.05) is 25.5 Å². The molecule has 0 spiro atoms. The summed E-state index contributed by atoms with van der Waals surface area (Å²) in [5.74, 6) is 0.803. The summed E-state index contributed by atoms with van der Waals surface area (Å²) in [6, 6.07) is 0. The molecule has 0 radical (unpaired) electrons. The highest BCUT2D eigenvalue weighted by atomic mass is 32.1. The van der Waals surface area contributed by atoms with E-state index >= 15 is 0 Å². The largest absolute Gasteiger partial charge is 0.381 e. The maximum absolute atomic E-state index is 12.4. The number of imide groups is 1. The molecule has 2 saturated heterocycles. The summed E-state index contributed by atoms with van der Waals surface area (Å²) in [5.41, 5.74) is -0.0364. The average molecular weight is 283 g/mol. The summed E-state index contributed by atoms with van der Waals surface area (Å²) in [5, 5.41) is 0. The van der Waals surface area contributed by atoms with Gasteiger partial charge in [-0.15, -0.1) is 0 Å². The maximum Gasteiger partial charge on any atom is 0.233 e. The molecule has 0 N–H and O–H groups in total. The van der Waals surface area contributed by atoms with Crippen LogP contribution in [0.15, 0.2) is 0 Å². The highest BCUT2D eigenvalue weighted by Crippen LogP contribution is 2.42. The van der Waals surface area contributed by atoms with Gasteiger partial charge in [0.15, 0.2) is 0 Å². The standard InChI is InChI=1S/C14H21NO3S/c16-12-10-2-1-3-11(10)13(17)15(12)8-14(9-19)4-6-18-7-5-14/h10-11,19H,1-9H2. The molecule has 1 aliphatic carbocycles. The number of nitrogens with zero attached hydrogens (tertiary/aromatic N) is 1. The van der Waals surface area contributed by atoms with E-state index in [-0.39, 0.29) is 29.1 Å². The summed E-state index contributed by atoms with van der Waals surface area (Å²) in [6.45, 7) is 1.97. The third-order valence-corrected chi connectivity index (χ3v) is 5.74. The molecular weight excluding hydrogens is 262 g/mol. The van der Waals surface area contributed by atoms with Crippen molar-refractivity contribution in [1.29, 1.82) is 0 Å². The Morgan fingerprint density at radius 1 is 1.16 bits per heavy atom. The van der Waals surface area contributed by atoms with E-state index in [0.29, 0.717) is 25.5 Å². The Labute approximate surface area is 119 Å². The van der Waals surface area contributed by atoms with Gasteiger partial charge in [-0.2, -0.15) is 12.6 Å². The summed E-state index contributed by atoms with van der Waals surface area (Å²) < 4.78 is 5.40. The van der Waals surface area contributed by atoms with Gasteiger partial charge in [-0.3, -0.25) is 14.5 Å². The molecule has 4 nitrogen and oxygen atoms in total. The fourth-order valence-corrected chi connectivity index (χ4v) is 4.14. The van der Waals surface area contributed by atoms with E-state index < -0.39 is 0 Å². The first kappa shape index (κ1) is 13.4. The lowest BCUT2D eigenvalue weighted by Crippen LogP contribution is -2.45. The number of amides is 2. The predicted molar refractivity (Wildman–Crippen MR) is 73.9 cm³/mol. The minimum Gasteiger partial charge on any atom is -0.381 e. The minimum absolute atomic E-state index is 0.0238. The van der Waals surface area contributed by atoms with Crippen LogP contribution in [0.3, 0.4) is 0 Å². The zero-order valence-corrected chi connectivity index (χ0v) is 12.0.